The van der Waals surface area contributed by atoms with E-state index in [2.05, 4.69) is 21.6 Å². The number of benzene rings is 1. The van der Waals surface area contributed by atoms with Crippen LogP contribution in [0.3, 0.4) is 0 Å². The number of aromatic nitrogens is 2. The first-order valence-corrected chi connectivity index (χ1v) is 10.3. The van der Waals surface area contributed by atoms with Crippen molar-refractivity contribution in [2.75, 3.05) is 19.8 Å². The number of ether oxygens (including phenoxy) is 3. The SMILES string of the molecule is CCCCCCOc1cnc(-c2ccc(C(=O)OC(COCC)C(F)(F)F)cc2)nc1. The summed E-state index contributed by atoms with van der Waals surface area (Å²) in [6.45, 7) is 3.64. The highest BCUT2D eigenvalue weighted by molar-refractivity contribution is 5.90. The van der Waals surface area contributed by atoms with Crippen molar-refractivity contribution >= 4 is 5.97 Å². The third-order valence-corrected chi connectivity index (χ3v) is 4.36. The minimum absolute atomic E-state index is 0.0125. The fourth-order valence-corrected chi connectivity index (χ4v) is 2.63. The van der Waals surface area contributed by atoms with Gasteiger partial charge in [-0.25, -0.2) is 14.8 Å². The minimum atomic E-state index is -4.71. The van der Waals surface area contributed by atoms with Gasteiger partial charge in [0, 0.05) is 12.2 Å². The number of halogens is 3. The van der Waals surface area contributed by atoms with Crippen molar-refractivity contribution < 1.29 is 32.2 Å². The second-order valence-corrected chi connectivity index (χ2v) is 6.82. The fourth-order valence-electron chi connectivity index (χ4n) is 2.63. The van der Waals surface area contributed by atoms with Crippen LogP contribution in [0.1, 0.15) is 49.9 Å². The van der Waals surface area contributed by atoms with Crippen LogP contribution in [0.4, 0.5) is 13.2 Å². The largest absolute Gasteiger partial charge is 0.490 e. The molecular formula is C22H27F3N2O4. The Morgan fingerprint density at radius 1 is 1.03 bits per heavy atom. The average Bonchev–Trinajstić information content (AvgIpc) is 2.76. The van der Waals surface area contributed by atoms with Crippen LogP contribution < -0.4 is 4.74 Å². The molecule has 0 bridgehead atoms. The van der Waals surface area contributed by atoms with Crippen molar-refractivity contribution in [3.8, 4) is 17.1 Å². The van der Waals surface area contributed by atoms with Gasteiger partial charge in [0.1, 0.15) is 0 Å². The Morgan fingerprint density at radius 3 is 2.29 bits per heavy atom. The Balaban J connectivity index is 1.95. The van der Waals surface area contributed by atoms with Crippen LogP contribution in [0.5, 0.6) is 5.75 Å². The van der Waals surface area contributed by atoms with Crippen molar-refractivity contribution in [1.29, 1.82) is 0 Å². The first-order valence-electron chi connectivity index (χ1n) is 10.3. The van der Waals surface area contributed by atoms with Crippen molar-refractivity contribution in [3.63, 3.8) is 0 Å². The van der Waals surface area contributed by atoms with Gasteiger partial charge in [0.05, 0.1) is 31.2 Å². The second kappa shape index (κ2) is 12.2. The van der Waals surface area contributed by atoms with Gasteiger partial charge in [0.2, 0.25) is 6.10 Å². The summed E-state index contributed by atoms with van der Waals surface area (Å²) in [4.78, 5) is 20.6. The molecule has 2 aromatic rings. The summed E-state index contributed by atoms with van der Waals surface area (Å²) in [7, 11) is 0. The molecule has 0 radical (unpaired) electrons. The van der Waals surface area contributed by atoms with E-state index in [0.717, 1.165) is 19.3 Å². The lowest BCUT2D eigenvalue weighted by atomic mass is 10.1. The van der Waals surface area contributed by atoms with Crippen molar-refractivity contribution in [2.24, 2.45) is 0 Å². The monoisotopic (exact) mass is 440 g/mol. The maximum absolute atomic E-state index is 13.0. The Bertz CT molecular complexity index is 796. The lowest BCUT2D eigenvalue weighted by molar-refractivity contribution is -0.217. The standard InChI is InChI=1S/C22H27F3N2O4/c1-3-5-6-7-12-30-18-13-26-20(27-14-18)16-8-10-17(11-9-16)21(28)31-19(15-29-4-2)22(23,24)25/h8-11,13-14,19H,3-7,12,15H2,1-2H3. The van der Waals surface area contributed by atoms with Gasteiger partial charge in [0.15, 0.2) is 11.6 Å². The quantitative estimate of drug-likeness (QED) is 0.333. The molecule has 1 heterocycles. The molecule has 0 amide bonds. The number of hydrogen-bond donors (Lipinski definition) is 0. The first-order chi connectivity index (χ1) is 14.8. The van der Waals surface area contributed by atoms with E-state index in [0.29, 0.717) is 23.7 Å². The zero-order chi connectivity index (χ0) is 22.7. The van der Waals surface area contributed by atoms with E-state index in [-0.39, 0.29) is 12.2 Å². The summed E-state index contributed by atoms with van der Waals surface area (Å²) in [5, 5.41) is 0. The molecule has 0 aliphatic rings. The second-order valence-electron chi connectivity index (χ2n) is 6.82. The molecule has 170 valence electrons. The number of carbonyl (C=O) groups excluding carboxylic acids is 1. The molecule has 31 heavy (non-hydrogen) atoms. The first kappa shape index (κ1) is 24.6. The van der Waals surface area contributed by atoms with Gasteiger partial charge in [-0.2, -0.15) is 13.2 Å². The maximum atomic E-state index is 13.0. The average molecular weight is 440 g/mol. The molecule has 1 aromatic carbocycles. The summed E-state index contributed by atoms with van der Waals surface area (Å²) >= 11 is 0. The molecule has 9 heteroatoms. The highest BCUT2D eigenvalue weighted by Gasteiger charge is 2.43. The van der Waals surface area contributed by atoms with Gasteiger partial charge in [-0.1, -0.05) is 38.3 Å². The summed E-state index contributed by atoms with van der Waals surface area (Å²) in [5.74, 6) is -0.114. The molecule has 1 unspecified atom stereocenters. The molecule has 1 aromatic heterocycles. The van der Waals surface area contributed by atoms with Crippen molar-refractivity contribution in [2.45, 2.75) is 51.8 Å². The third-order valence-electron chi connectivity index (χ3n) is 4.36. The maximum Gasteiger partial charge on any atom is 0.427 e. The molecule has 0 spiro atoms. The predicted molar refractivity (Wildman–Crippen MR) is 109 cm³/mol. The van der Waals surface area contributed by atoms with E-state index in [1.807, 2.05) is 0 Å². The number of alkyl halides is 3. The van der Waals surface area contributed by atoms with Crippen molar-refractivity contribution in [1.82, 2.24) is 9.97 Å². The van der Waals surface area contributed by atoms with E-state index >= 15 is 0 Å². The summed E-state index contributed by atoms with van der Waals surface area (Å²) in [5.41, 5.74) is 0.592. The molecule has 0 aliphatic heterocycles. The fraction of sp³-hybridized carbons (Fsp3) is 0.500. The lowest BCUT2D eigenvalue weighted by Gasteiger charge is -2.20. The normalized spacial score (nSPS) is 12.4. The molecule has 0 saturated heterocycles. The number of nitrogens with zero attached hydrogens (tertiary/aromatic N) is 2. The van der Waals surface area contributed by atoms with Gasteiger partial charge in [-0.05, 0) is 25.5 Å². The lowest BCUT2D eigenvalue weighted by Crippen LogP contribution is -2.37. The highest BCUT2D eigenvalue weighted by atomic mass is 19.4. The predicted octanol–water partition coefficient (Wildman–Crippen LogP) is 5.23. The summed E-state index contributed by atoms with van der Waals surface area (Å²) < 4.78 is 53.9. The van der Waals surface area contributed by atoms with Crippen LogP contribution in [-0.4, -0.2) is 48.0 Å². The number of carbonyl (C=O) groups is 1. The van der Waals surface area contributed by atoms with Gasteiger partial charge in [0.25, 0.3) is 0 Å². The van der Waals surface area contributed by atoms with Gasteiger partial charge in [-0.15, -0.1) is 0 Å². The Hall–Kier alpha value is -2.68. The van der Waals surface area contributed by atoms with Gasteiger partial charge in [-0.3, -0.25) is 0 Å². The topological polar surface area (TPSA) is 70.5 Å². The van der Waals surface area contributed by atoms with Crippen LogP contribution >= 0.6 is 0 Å². The molecule has 0 fully saturated rings. The molecule has 2 rings (SSSR count). The van der Waals surface area contributed by atoms with E-state index < -0.39 is 24.9 Å². The van der Waals surface area contributed by atoms with Crippen LogP contribution in [0, 0.1) is 0 Å². The molecule has 0 aliphatic carbocycles. The highest BCUT2D eigenvalue weighted by Crippen LogP contribution is 2.25. The van der Waals surface area contributed by atoms with Crippen LogP contribution in [0.25, 0.3) is 11.4 Å². The number of hydrogen-bond acceptors (Lipinski definition) is 6. The zero-order valence-corrected chi connectivity index (χ0v) is 17.7. The Kier molecular flexibility index (Phi) is 9.71. The van der Waals surface area contributed by atoms with Crippen LogP contribution in [0.2, 0.25) is 0 Å². The number of esters is 1. The molecule has 1 atom stereocenters. The minimum Gasteiger partial charge on any atom is -0.490 e. The van der Waals surface area contributed by atoms with E-state index in [9.17, 15) is 18.0 Å². The number of rotatable bonds is 12. The van der Waals surface area contributed by atoms with E-state index in [1.165, 1.54) is 18.6 Å². The summed E-state index contributed by atoms with van der Waals surface area (Å²) in [6, 6.07) is 5.82. The smallest absolute Gasteiger partial charge is 0.427 e. The Labute approximate surface area is 179 Å². The zero-order valence-electron chi connectivity index (χ0n) is 17.7. The summed E-state index contributed by atoms with van der Waals surface area (Å²) in [6.07, 6.45) is 0.497. The molecule has 0 N–H and O–H groups in total. The van der Waals surface area contributed by atoms with Gasteiger partial charge >= 0.3 is 12.1 Å². The molecular weight excluding hydrogens is 413 g/mol. The molecule has 0 saturated carbocycles. The van der Waals surface area contributed by atoms with E-state index in [4.69, 9.17) is 9.47 Å². The Morgan fingerprint density at radius 2 is 1.71 bits per heavy atom. The van der Waals surface area contributed by atoms with E-state index in [1.54, 1.807) is 31.5 Å². The van der Waals surface area contributed by atoms with Crippen LogP contribution in [-0.2, 0) is 9.47 Å². The third kappa shape index (κ3) is 8.16. The van der Waals surface area contributed by atoms with Crippen LogP contribution in [0.15, 0.2) is 36.7 Å². The molecule has 6 nitrogen and oxygen atoms in total. The number of unbranched alkanes of at least 4 members (excludes halogenated alkanes) is 3. The van der Waals surface area contributed by atoms with Crippen molar-refractivity contribution in [3.05, 3.63) is 42.2 Å². The van der Waals surface area contributed by atoms with Gasteiger partial charge < -0.3 is 14.2 Å².